The Labute approximate surface area is 277 Å². The summed E-state index contributed by atoms with van der Waals surface area (Å²) in [6.45, 7) is 2.14. The topological polar surface area (TPSA) is 0 Å². The van der Waals surface area contributed by atoms with Gasteiger partial charge < -0.3 is 0 Å². The zero-order valence-electron chi connectivity index (χ0n) is 21.1. The second kappa shape index (κ2) is 18.0. The van der Waals surface area contributed by atoms with Crippen molar-refractivity contribution >= 4 is 97.5 Å². The summed E-state index contributed by atoms with van der Waals surface area (Å²) in [6, 6.07) is 40.7. The fourth-order valence-corrected chi connectivity index (χ4v) is 9.30. The Balaban J connectivity index is 0.000000332. The first kappa shape index (κ1) is 38.0. The Kier molecular flexibility index (Phi) is 15.9. The van der Waals surface area contributed by atoms with Gasteiger partial charge in [-0.3, -0.25) is 4.70 Å². The Morgan fingerprint density at radius 2 is 1.05 bits per heavy atom. The third-order valence-electron chi connectivity index (χ3n) is 5.97. The standard InChI is InChI=1S/C16H10S3.C9H8S.C8H6S.4CH4.FH/c1-3-7-13-11(5-1)9-16(18-13)19-15-10-17-14-8-4-2-6-12(14)15;1-7-6-8-4-2-3-5-9(8)10-7;1-2-4-8-7(3-1)5-6-9-8;;;;;/h1-10H;2-6H,1H3;1-6H;4*1H4;1H. The minimum Gasteiger partial charge on any atom is -0.269 e. The van der Waals surface area contributed by atoms with Gasteiger partial charge in [0, 0.05) is 39.3 Å². The van der Waals surface area contributed by atoms with Crippen molar-refractivity contribution in [3.05, 3.63) is 131 Å². The van der Waals surface area contributed by atoms with E-state index in [2.05, 4.69) is 133 Å². The second-order valence-electron chi connectivity index (χ2n) is 8.65. The number of fused-ring (bicyclic) bond motifs is 4. The summed E-state index contributed by atoms with van der Waals surface area (Å²) in [7, 11) is 0. The van der Waals surface area contributed by atoms with E-state index in [1.807, 2.05) is 45.8 Å². The van der Waals surface area contributed by atoms with Crippen molar-refractivity contribution in [1.82, 2.24) is 0 Å². The summed E-state index contributed by atoms with van der Waals surface area (Å²) in [5.41, 5.74) is 0. The molecule has 0 atom stereocenters. The number of hydrogen-bond donors (Lipinski definition) is 0. The average Bonchev–Trinajstić information content (AvgIpc) is 3.74. The fourth-order valence-electron chi connectivity index (χ4n) is 4.17. The molecular weight excluding hydrogens is 624 g/mol. The highest BCUT2D eigenvalue weighted by atomic mass is 32.2. The van der Waals surface area contributed by atoms with Gasteiger partial charge >= 0.3 is 0 Å². The Morgan fingerprint density at radius 3 is 1.67 bits per heavy atom. The predicted octanol–water partition coefficient (Wildman–Crippen LogP) is 15.1. The lowest BCUT2D eigenvalue weighted by atomic mass is 10.2. The minimum absolute atomic E-state index is 0. The molecule has 0 bridgehead atoms. The Morgan fingerprint density at radius 1 is 0.512 bits per heavy atom. The van der Waals surface area contributed by atoms with Crippen LogP contribution < -0.4 is 0 Å². The van der Waals surface area contributed by atoms with Gasteiger partial charge in [-0.25, -0.2) is 0 Å². The molecular formula is C37H41FS5. The molecule has 0 N–H and O–H groups in total. The lowest BCUT2D eigenvalue weighted by molar-refractivity contribution is 1.11. The first-order chi connectivity index (χ1) is 18.7. The third kappa shape index (κ3) is 9.24. The molecule has 0 saturated carbocycles. The van der Waals surface area contributed by atoms with Crippen LogP contribution in [0.25, 0.3) is 40.3 Å². The number of hydrogen-bond acceptors (Lipinski definition) is 5. The van der Waals surface area contributed by atoms with Gasteiger partial charge in [0.1, 0.15) is 0 Å². The van der Waals surface area contributed by atoms with Crippen LogP contribution in [0, 0.1) is 6.92 Å². The van der Waals surface area contributed by atoms with E-state index in [-0.39, 0.29) is 34.4 Å². The molecule has 8 aromatic rings. The van der Waals surface area contributed by atoms with E-state index in [1.165, 1.54) is 54.3 Å². The molecule has 226 valence electrons. The first-order valence-electron chi connectivity index (χ1n) is 12.2. The number of halogens is 1. The molecule has 4 aromatic heterocycles. The normalized spacial score (nSPS) is 9.60. The van der Waals surface area contributed by atoms with Crippen LogP contribution in [0.15, 0.2) is 135 Å². The van der Waals surface area contributed by atoms with E-state index in [0.29, 0.717) is 0 Å². The number of benzene rings is 4. The van der Waals surface area contributed by atoms with Crippen LogP contribution in [0.4, 0.5) is 4.70 Å². The summed E-state index contributed by atoms with van der Waals surface area (Å²) in [5.74, 6) is 0. The zero-order valence-corrected chi connectivity index (χ0v) is 25.2. The van der Waals surface area contributed by atoms with Gasteiger partial charge in [-0.15, -0.1) is 45.3 Å². The van der Waals surface area contributed by atoms with Crippen molar-refractivity contribution < 1.29 is 4.70 Å². The van der Waals surface area contributed by atoms with Crippen molar-refractivity contribution in [2.45, 2.75) is 45.7 Å². The van der Waals surface area contributed by atoms with Crippen molar-refractivity contribution in [2.75, 3.05) is 0 Å². The minimum atomic E-state index is 0. The molecule has 0 amide bonds. The first-order valence-corrected chi connectivity index (χ1v) is 16.4. The molecule has 0 aliphatic rings. The average molecular weight is 665 g/mol. The van der Waals surface area contributed by atoms with Crippen molar-refractivity contribution in [2.24, 2.45) is 0 Å². The van der Waals surface area contributed by atoms with Crippen LogP contribution in [0.3, 0.4) is 0 Å². The molecule has 4 aromatic carbocycles. The van der Waals surface area contributed by atoms with Gasteiger partial charge in [0.05, 0.1) is 4.21 Å². The summed E-state index contributed by atoms with van der Waals surface area (Å²) in [6.07, 6.45) is 0. The smallest absolute Gasteiger partial charge is 0.0659 e. The molecule has 0 aliphatic carbocycles. The largest absolute Gasteiger partial charge is 0.269 e. The van der Waals surface area contributed by atoms with Gasteiger partial charge in [-0.05, 0) is 70.9 Å². The zero-order chi connectivity index (χ0) is 25.7. The van der Waals surface area contributed by atoms with Crippen LogP contribution in [-0.4, -0.2) is 0 Å². The molecule has 0 unspecified atom stereocenters. The highest BCUT2D eigenvalue weighted by molar-refractivity contribution is 8.01. The van der Waals surface area contributed by atoms with Gasteiger partial charge in [0.15, 0.2) is 0 Å². The van der Waals surface area contributed by atoms with E-state index in [4.69, 9.17) is 0 Å². The molecule has 8 rings (SSSR count). The van der Waals surface area contributed by atoms with Gasteiger partial charge in [-0.2, -0.15) is 0 Å². The van der Waals surface area contributed by atoms with Gasteiger partial charge in [0.25, 0.3) is 0 Å². The summed E-state index contributed by atoms with van der Waals surface area (Å²) < 4.78 is 6.86. The van der Waals surface area contributed by atoms with E-state index in [9.17, 15) is 0 Å². The number of rotatable bonds is 2. The quantitative estimate of drug-likeness (QED) is 0.177. The highest BCUT2D eigenvalue weighted by Gasteiger charge is 2.08. The van der Waals surface area contributed by atoms with E-state index in [1.54, 1.807) is 11.3 Å². The third-order valence-corrected chi connectivity index (χ3v) is 11.3. The van der Waals surface area contributed by atoms with Crippen LogP contribution in [-0.2, 0) is 0 Å². The molecule has 0 radical (unpaired) electrons. The Bertz CT molecular complexity index is 1840. The van der Waals surface area contributed by atoms with Crippen molar-refractivity contribution in [3.8, 4) is 0 Å². The molecule has 0 aliphatic heterocycles. The van der Waals surface area contributed by atoms with Gasteiger partial charge in [0.2, 0.25) is 0 Å². The molecule has 0 nitrogen and oxygen atoms in total. The second-order valence-corrected chi connectivity index (χ2v) is 14.2. The molecule has 0 saturated heterocycles. The molecule has 43 heavy (non-hydrogen) atoms. The SMILES string of the molecule is C.C.C.C.Cc1cc2ccccc2s1.F.c1ccc2sc(Sc3csc4ccccc34)cc2c1.c1ccc2sccc2c1. The summed E-state index contributed by atoms with van der Waals surface area (Å²) in [5, 5.41) is 9.81. The van der Waals surface area contributed by atoms with Crippen molar-refractivity contribution in [1.29, 1.82) is 0 Å². The van der Waals surface area contributed by atoms with Crippen LogP contribution in [0.2, 0.25) is 0 Å². The van der Waals surface area contributed by atoms with Crippen LogP contribution in [0.1, 0.15) is 34.6 Å². The maximum Gasteiger partial charge on any atom is 0.0659 e. The monoisotopic (exact) mass is 664 g/mol. The molecule has 0 fully saturated rings. The molecule has 6 heteroatoms. The predicted molar refractivity (Wildman–Crippen MR) is 206 cm³/mol. The van der Waals surface area contributed by atoms with E-state index in [0.717, 1.165) is 0 Å². The van der Waals surface area contributed by atoms with E-state index < -0.39 is 0 Å². The van der Waals surface area contributed by atoms with Crippen molar-refractivity contribution in [3.63, 3.8) is 0 Å². The van der Waals surface area contributed by atoms with Crippen LogP contribution in [0.5, 0.6) is 0 Å². The molecule has 4 heterocycles. The molecule has 0 spiro atoms. The lowest BCUT2D eigenvalue weighted by Crippen LogP contribution is -1.66. The fraction of sp³-hybridized carbons (Fsp3) is 0.135. The lowest BCUT2D eigenvalue weighted by Gasteiger charge is -1.95. The van der Waals surface area contributed by atoms with Gasteiger partial charge in [-0.1, -0.05) is 114 Å². The highest BCUT2D eigenvalue weighted by Crippen LogP contribution is 2.41. The Hall–Kier alpha value is -3.00. The summed E-state index contributed by atoms with van der Waals surface area (Å²) in [4.78, 5) is 2.76. The number of aryl methyl sites for hydroxylation is 1. The number of thiophene rings is 4. The maximum absolute atomic E-state index is 2.29. The maximum atomic E-state index is 2.29. The van der Waals surface area contributed by atoms with E-state index >= 15 is 0 Å². The van der Waals surface area contributed by atoms with Crippen LogP contribution >= 0.6 is 57.1 Å². The summed E-state index contributed by atoms with van der Waals surface area (Å²) >= 11 is 9.21.